The van der Waals surface area contributed by atoms with Gasteiger partial charge in [-0.05, 0) is 250 Å². The highest BCUT2D eigenvalue weighted by Gasteiger charge is 2.45. The van der Waals surface area contributed by atoms with Crippen LogP contribution in [0.4, 0.5) is 0 Å². The number of hydrogen-bond donors (Lipinski definition) is 0. The van der Waals surface area contributed by atoms with E-state index < -0.39 is 0 Å². The van der Waals surface area contributed by atoms with Crippen LogP contribution in [0.3, 0.4) is 0 Å². The summed E-state index contributed by atoms with van der Waals surface area (Å²) in [6.45, 7) is 47.4. The lowest BCUT2D eigenvalue weighted by molar-refractivity contribution is 0.485. The summed E-state index contributed by atoms with van der Waals surface area (Å²) in [5.74, 6) is 7.21. The van der Waals surface area contributed by atoms with E-state index in [1.807, 2.05) is 0 Å². The summed E-state index contributed by atoms with van der Waals surface area (Å²) in [5.41, 5.74) is 32.5. The quantitative estimate of drug-likeness (QED) is 0.0897. The molecule has 0 radical (unpaired) electrons. The van der Waals surface area contributed by atoms with Crippen molar-refractivity contribution in [1.82, 2.24) is 0 Å². The van der Waals surface area contributed by atoms with E-state index in [9.17, 15) is 0 Å². The van der Waals surface area contributed by atoms with Crippen molar-refractivity contribution >= 4 is 78.5 Å². The number of rotatable bonds is 12. The largest absolute Gasteiger partial charge is 0.458 e. The number of hydrogen-bond acceptors (Lipinski definition) is 2. The van der Waals surface area contributed by atoms with E-state index in [1.165, 1.54) is 165 Å². The lowest BCUT2D eigenvalue weighted by Gasteiger charge is -2.38. The molecular weight excluding hydrogens is 1040 g/mol. The minimum absolute atomic E-state index is 0.0503. The smallest absolute Gasteiger partial charge is 0.252 e. The van der Waals surface area contributed by atoms with E-state index in [0.29, 0.717) is 35.5 Å². The lowest BCUT2D eigenvalue weighted by Crippen LogP contribution is -2.58. The van der Waals surface area contributed by atoms with Crippen LogP contribution in [0, 0.1) is 0 Å². The third-order valence-electron chi connectivity index (χ3n) is 20.9. The highest BCUT2D eigenvalue weighted by atomic mass is 16.5. The molecule has 434 valence electrons. The Morgan fingerprint density at radius 2 is 0.547 bits per heavy atom. The van der Waals surface area contributed by atoms with Gasteiger partial charge in [0.25, 0.3) is 13.4 Å². The molecule has 14 rings (SSSR count). The van der Waals surface area contributed by atoms with Crippen LogP contribution in [-0.2, 0) is 0 Å². The predicted molar refractivity (Wildman–Crippen MR) is 375 cm³/mol. The van der Waals surface area contributed by atoms with Crippen molar-refractivity contribution in [2.24, 2.45) is 0 Å². The summed E-state index contributed by atoms with van der Waals surface area (Å²) in [6, 6.07) is 45.5. The van der Waals surface area contributed by atoms with E-state index in [2.05, 4.69) is 248 Å². The molecule has 0 unspecified atom stereocenters. The highest BCUT2D eigenvalue weighted by Crippen LogP contribution is 2.55. The Morgan fingerprint density at radius 1 is 0.244 bits per heavy atom. The first-order valence-corrected chi connectivity index (χ1v) is 33.1. The molecule has 0 fully saturated rings. The zero-order valence-corrected chi connectivity index (χ0v) is 55.1. The normalized spacial score (nSPS) is 13.8. The minimum atomic E-state index is -0.0503. The Kier molecular flexibility index (Phi) is 13.4. The van der Waals surface area contributed by atoms with Gasteiger partial charge in [0.1, 0.15) is 23.0 Å². The van der Waals surface area contributed by atoms with Gasteiger partial charge in [0.2, 0.25) is 0 Å². The van der Waals surface area contributed by atoms with Gasteiger partial charge in [-0.2, -0.15) is 0 Å². The molecule has 4 heterocycles. The SMILES string of the molecule is CC(C)c1ccc2c(c1)Oc1cc(C(C)C)cc3c1B2c1cc2c(-c4c(C(C)C)cc(C(C)C)cc4C(C)C)cc4c5c(cc6c(-c7c(C(C)C)cc(C(C)C)cc7C(C)C)cc-3c1c6c25)B1c2ccc(C(C)C)cc2Oc2cc(C(C)C)cc-4c21. The lowest BCUT2D eigenvalue weighted by atomic mass is 9.31. The first kappa shape index (κ1) is 56.8. The van der Waals surface area contributed by atoms with Crippen molar-refractivity contribution in [1.29, 1.82) is 0 Å². The van der Waals surface area contributed by atoms with E-state index in [-0.39, 0.29) is 37.1 Å². The third-order valence-corrected chi connectivity index (χ3v) is 20.9. The average Bonchev–Trinajstić information content (AvgIpc) is 0.671. The van der Waals surface area contributed by atoms with Crippen LogP contribution in [0.1, 0.15) is 253 Å². The fourth-order valence-electron chi connectivity index (χ4n) is 15.9. The fourth-order valence-corrected chi connectivity index (χ4v) is 15.9. The molecule has 0 N–H and O–H groups in total. The molecule has 4 aliphatic rings. The number of fused-ring (bicyclic) bond motifs is 8. The molecule has 0 amide bonds. The van der Waals surface area contributed by atoms with Crippen LogP contribution < -0.4 is 42.3 Å². The summed E-state index contributed by atoms with van der Waals surface area (Å²) in [7, 11) is 0. The zero-order valence-electron chi connectivity index (χ0n) is 55.1. The predicted octanol–water partition coefficient (Wildman–Crippen LogP) is 20.4. The maximum absolute atomic E-state index is 7.40. The summed E-state index contributed by atoms with van der Waals surface area (Å²) < 4.78 is 14.8. The molecular formula is C82H88B2O2. The van der Waals surface area contributed by atoms with Crippen LogP contribution in [0.15, 0.2) is 109 Å². The second-order valence-corrected chi connectivity index (χ2v) is 29.8. The van der Waals surface area contributed by atoms with Crippen molar-refractivity contribution < 1.29 is 9.47 Å². The molecule has 86 heavy (non-hydrogen) atoms. The van der Waals surface area contributed by atoms with Crippen molar-refractivity contribution in [3.8, 4) is 67.5 Å². The number of ether oxygens (including phenoxy) is 2. The maximum Gasteiger partial charge on any atom is 0.252 e. The molecule has 0 bridgehead atoms. The van der Waals surface area contributed by atoms with Crippen molar-refractivity contribution in [2.75, 3.05) is 0 Å². The van der Waals surface area contributed by atoms with Crippen LogP contribution >= 0.6 is 0 Å². The molecule has 10 aromatic carbocycles. The molecule has 0 aliphatic carbocycles. The first-order valence-electron chi connectivity index (χ1n) is 33.1. The fraction of sp³-hybridized carbons (Fsp3) is 0.366. The van der Waals surface area contributed by atoms with Crippen LogP contribution in [0.25, 0.3) is 76.8 Å². The van der Waals surface area contributed by atoms with E-state index in [4.69, 9.17) is 9.47 Å². The zero-order chi connectivity index (χ0) is 60.7. The van der Waals surface area contributed by atoms with E-state index in [0.717, 1.165) is 23.0 Å². The van der Waals surface area contributed by atoms with Crippen molar-refractivity contribution in [3.05, 3.63) is 165 Å². The van der Waals surface area contributed by atoms with Gasteiger partial charge in [-0.3, -0.25) is 0 Å². The first-order chi connectivity index (χ1) is 40.9. The van der Waals surface area contributed by atoms with Gasteiger partial charge in [-0.15, -0.1) is 0 Å². The Bertz CT molecular complexity index is 4150. The molecule has 0 saturated heterocycles. The molecule has 0 atom stereocenters. The molecule has 0 saturated carbocycles. The number of benzene rings is 10. The van der Waals surface area contributed by atoms with Crippen LogP contribution in [0.2, 0.25) is 0 Å². The summed E-state index contributed by atoms with van der Waals surface area (Å²) >= 11 is 0. The van der Waals surface area contributed by atoms with Gasteiger partial charge in [-0.25, -0.2) is 0 Å². The van der Waals surface area contributed by atoms with Crippen molar-refractivity contribution in [3.63, 3.8) is 0 Å². The van der Waals surface area contributed by atoms with Gasteiger partial charge in [0, 0.05) is 0 Å². The summed E-state index contributed by atoms with van der Waals surface area (Å²) in [6.07, 6.45) is 0. The third kappa shape index (κ3) is 8.33. The van der Waals surface area contributed by atoms with Gasteiger partial charge < -0.3 is 9.47 Å². The molecule has 0 aromatic heterocycles. The Labute approximate surface area is 515 Å². The average molecular weight is 1130 g/mol. The van der Waals surface area contributed by atoms with E-state index in [1.54, 1.807) is 0 Å². The van der Waals surface area contributed by atoms with Gasteiger partial charge in [0.05, 0.1) is 0 Å². The highest BCUT2D eigenvalue weighted by molar-refractivity contribution is 7.01. The van der Waals surface area contributed by atoms with Gasteiger partial charge in [0.15, 0.2) is 0 Å². The molecule has 10 aromatic rings. The monoisotopic (exact) mass is 1130 g/mol. The van der Waals surface area contributed by atoms with Gasteiger partial charge >= 0.3 is 0 Å². The second kappa shape index (κ2) is 20.3. The summed E-state index contributed by atoms with van der Waals surface area (Å²) in [4.78, 5) is 0. The maximum atomic E-state index is 7.40. The standard InChI is InChI=1S/C82H88B2O2/c1-39(2)49-21-23-67-71(31-49)85-73-33-53(43(9)10)29-65-61-35-60(76-57(47(17)18)27-52(42(7)8)28-58(76)48(19)20)64-38-70-78-62(66-30-54(44(11)12)34-74-82(66)84(70)68-24-22-50(40(3)4)32-72(68)86-74)36-59(63-37-69(83(67)81(65)73)77(61)79(64)80(63)78)75-55(45(13)14)25-51(41(5)6)26-56(75)46(15)16/h21-48H,1-20H3. The van der Waals surface area contributed by atoms with Gasteiger partial charge in [-0.1, -0.05) is 222 Å². The molecule has 0 spiro atoms. The van der Waals surface area contributed by atoms with Crippen molar-refractivity contribution in [2.45, 2.75) is 198 Å². The molecule has 2 nitrogen and oxygen atoms in total. The minimum Gasteiger partial charge on any atom is -0.458 e. The Hall–Kier alpha value is -7.03. The molecule has 4 heteroatoms. The van der Waals surface area contributed by atoms with Crippen LogP contribution in [-0.4, -0.2) is 13.4 Å². The Balaban J connectivity index is 1.28. The van der Waals surface area contributed by atoms with Crippen LogP contribution in [0.5, 0.6) is 23.0 Å². The molecule has 4 aliphatic heterocycles. The van der Waals surface area contributed by atoms with E-state index >= 15 is 0 Å². The topological polar surface area (TPSA) is 18.5 Å². The summed E-state index contributed by atoms with van der Waals surface area (Å²) in [5, 5.41) is 8.30. The second-order valence-electron chi connectivity index (χ2n) is 29.8. The Morgan fingerprint density at radius 3 is 0.849 bits per heavy atom.